The van der Waals surface area contributed by atoms with E-state index in [2.05, 4.69) is 21.2 Å². The fourth-order valence-corrected chi connectivity index (χ4v) is 2.33. The van der Waals surface area contributed by atoms with Crippen molar-refractivity contribution in [1.82, 2.24) is 0 Å². The van der Waals surface area contributed by atoms with Crippen LogP contribution >= 0.6 is 15.9 Å². The third-order valence-electron chi connectivity index (χ3n) is 3.26. The van der Waals surface area contributed by atoms with Gasteiger partial charge in [0.25, 0.3) is 0 Å². The second-order valence-electron chi connectivity index (χ2n) is 4.74. The Bertz CT molecular complexity index is 596. The van der Waals surface area contributed by atoms with Crippen molar-refractivity contribution in [3.05, 3.63) is 63.6 Å². The molecule has 0 amide bonds. The molecule has 106 valence electrons. The molecule has 0 heterocycles. The number of nitrogens with one attached hydrogen (secondary N) is 1. The summed E-state index contributed by atoms with van der Waals surface area (Å²) in [5.74, 6) is -0.834. The van der Waals surface area contributed by atoms with Gasteiger partial charge in [-0.05, 0) is 42.7 Å². The zero-order valence-corrected chi connectivity index (χ0v) is 13.0. The van der Waals surface area contributed by atoms with Crippen LogP contribution in [0.5, 0.6) is 0 Å². The third kappa shape index (κ3) is 3.37. The lowest BCUT2D eigenvalue weighted by Gasteiger charge is -2.19. The molecule has 0 spiro atoms. The molecule has 2 rings (SSSR count). The van der Waals surface area contributed by atoms with Crippen LogP contribution in [0.2, 0.25) is 0 Å². The summed E-state index contributed by atoms with van der Waals surface area (Å²) >= 11 is 3.38. The molecular weight excluding hydrogens is 324 g/mol. The number of aryl methyl sites for hydroxylation is 1. The van der Waals surface area contributed by atoms with E-state index in [1.54, 1.807) is 6.92 Å². The quantitative estimate of drug-likeness (QED) is 0.764. The molecular formula is C16H16BrF2N. The van der Waals surface area contributed by atoms with E-state index < -0.39 is 11.6 Å². The molecule has 0 aliphatic heterocycles. The van der Waals surface area contributed by atoms with Gasteiger partial charge in [-0.25, -0.2) is 8.78 Å². The van der Waals surface area contributed by atoms with Gasteiger partial charge in [0.15, 0.2) is 0 Å². The van der Waals surface area contributed by atoms with Crippen LogP contribution in [0.1, 0.15) is 30.5 Å². The summed E-state index contributed by atoms with van der Waals surface area (Å²) in [4.78, 5) is 0. The molecule has 1 nitrogen and oxygen atoms in total. The molecule has 20 heavy (non-hydrogen) atoms. The van der Waals surface area contributed by atoms with Crippen molar-refractivity contribution in [1.29, 1.82) is 0 Å². The Morgan fingerprint density at radius 1 is 1.10 bits per heavy atom. The molecule has 0 saturated carbocycles. The van der Waals surface area contributed by atoms with E-state index in [-0.39, 0.29) is 11.7 Å². The van der Waals surface area contributed by atoms with Crippen molar-refractivity contribution in [2.24, 2.45) is 0 Å². The molecule has 2 aromatic carbocycles. The minimum atomic E-state index is -0.431. The zero-order valence-electron chi connectivity index (χ0n) is 11.4. The van der Waals surface area contributed by atoms with E-state index in [0.29, 0.717) is 5.56 Å². The van der Waals surface area contributed by atoms with E-state index in [9.17, 15) is 8.78 Å². The fourth-order valence-electron chi connectivity index (χ4n) is 2.06. The van der Waals surface area contributed by atoms with Crippen LogP contribution in [0, 0.1) is 18.6 Å². The van der Waals surface area contributed by atoms with Gasteiger partial charge in [-0.1, -0.05) is 35.0 Å². The minimum absolute atomic E-state index is 0.0558. The van der Waals surface area contributed by atoms with E-state index in [4.69, 9.17) is 0 Å². The van der Waals surface area contributed by atoms with Crippen LogP contribution in [0.25, 0.3) is 0 Å². The highest BCUT2D eigenvalue weighted by Crippen LogP contribution is 2.27. The SMILES string of the molecule is CCC(Nc1cc(F)c(C)cc1F)c1ccc(Br)cc1. The number of hydrogen-bond donors (Lipinski definition) is 1. The standard InChI is InChI=1S/C16H16BrF2N/c1-3-15(11-4-6-12(17)7-5-11)20-16-9-13(18)10(2)8-14(16)19/h4-9,15,20H,3H2,1-2H3. The molecule has 0 saturated heterocycles. The van der Waals surface area contributed by atoms with Crippen molar-refractivity contribution < 1.29 is 8.78 Å². The number of benzene rings is 2. The summed E-state index contributed by atoms with van der Waals surface area (Å²) in [6.07, 6.45) is 0.774. The summed E-state index contributed by atoms with van der Waals surface area (Å²) in [5, 5.41) is 3.07. The molecule has 1 unspecified atom stereocenters. The van der Waals surface area contributed by atoms with Gasteiger partial charge in [-0.15, -0.1) is 0 Å². The van der Waals surface area contributed by atoms with Gasteiger partial charge in [-0.2, -0.15) is 0 Å². The monoisotopic (exact) mass is 339 g/mol. The lowest BCUT2D eigenvalue weighted by atomic mass is 10.0. The first-order valence-electron chi connectivity index (χ1n) is 6.49. The van der Waals surface area contributed by atoms with Crippen LogP contribution in [0.3, 0.4) is 0 Å². The largest absolute Gasteiger partial charge is 0.376 e. The number of rotatable bonds is 4. The van der Waals surface area contributed by atoms with Crippen LogP contribution < -0.4 is 5.32 Å². The average Bonchev–Trinajstić information content (AvgIpc) is 2.42. The van der Waals surface area contributed by atoms with Gasteiger partial charge >= 0.3 is 0 Å². The predicted molar refractivity (Wildman–Crippen MR) is 81.9 cm³/mol. The normalized spacial score (nSPS) is 12.2. The summed E-state index contributed by atoms with van der Waals surface area (Å²) in [5.41, 5.74) is 1.55. The van der Waals surface area contributed by atoms with Crippen molar-refractivity contribution >= 4 is 21.6 Å². The molecule has 0 aromatic heterocycles. The Labute approximate surface area is 126 Å². The van der Waals surface area contributed by atoms with Gasteiger partial charge < -0.3 is 5.32 Å². The van der Waals surface area contributed by atoms with Crippen molar-refractivity contribution in [3.8, 4) is 0 Å². The number of halogens is 3. The topological polar surface area (TPSA) is 12.0 Å². The van der Waals surface area contributed by atoms with Gasteiger partial charge in [0, 0.05) is 10.5 Å². The highest BCUT2D eigenvalue weighted by atomic mass is 79.9. The number of hydrogen-bond acceptors (Lipinski definition) is 1. The molecule has 1 N–H and O–H groups in total. The Kier molecular flexibility index (Phi) is 4.76. The highest BCUT2D eigenvalue weighted by molar-refractivity contribution is 9.10. The fraction of sp³-hybridized carbons (Fsp3) is 0.250. The average molecular weight is 340 g/mol. The first-order valence-corrected chi connectivity index (χ1v) is 7.28. The third-order valence-corrected chi connectivity index (χ3v) is 3.79. The van der Waals surface area contributed by atoms with Gasteiger partial charge in [0.1, 0.15) is 11.6 Å². The molecule has 0 aliphatic rings. The maximum atomic E-state index is 13.9. The maximum absolute atomic E-state index is 13.9. The Hall–Kier alpha value is -1.42. The molecule has 2 aromatic rings. The second kappa shape index (κ2) is 6.35. The maximum Gasteiger partial charge on any atom is 0.146 e. The predicted octanol–water partition coefficient (Wildman–Crippen LogP) is 5.60. The zero-order chi connectivity index (χ0) is 14.7. The first-order chi connectivity index (χ1) is 9.51. The van der Waals surface area contributed by atoms with Crippen LogP contribution in [0.15, 0.2) is 40.9 Å². The lowest BCUT2D eigenvalue weighted by Crippen LogP contribution is -2.11. The Morgan fingerprint density at radius 3 is 2.35 bits per heavy atom. The molecule has 0 fully saturated rings. The highest BCUT2D eigenvalue weighted by Gasteiger charge is 2.13. The van der Waals surface area contributed by atoms with Crippen LogP contribution in [-0.4, -0.2) is 0 Å². The van der Waals surface area contributed by atoms with Gasteiger partial charge in [0.2, 0.25) is 0 Å². The summed E-state index contributed by atoms with van der Waals surface area (Å²) in [6, 6.07) is 10.2. The summed E-state index contributed by atoms with van der Waals surface area (Å²) in [6.45, 7) is 3.55. The van der Waals surface area contributed by atoms with E-state index in [1.807, 2.05) is 31.2 Å². The lowest BCUT2D eigenvalue weighted by molar-refractivity contribution is 0.591. The van der Waals surface area contributed by atoms with E-state index >= 15 is 0 Å². The Morgan fingerprint density at radius 2 is 1.75 bits per heavy atom. The molecule has 0 aliphatic carbocycles. The van der Waals surface area contributed by atoms with Crippen LogP contribution in [0.4, 0.5) is 14.5 Å². The molecule has 4 heteroatoms. The molecule has 0 radical (unpaired) electrons. The summed E-state index contributed by atoms with van der Waals surface area (Å²) < 4.78 is 28.4. The van der Waals surface area contributed by atoms with Crippen molar-refractivity contribution in [3.63, 3.8) is 0 Å². The first kappa shape index (κ1) is 15.0. The van der Waals surface area contributed by atoms with Crippen molar-refractivity contribution in [2.45, 2.75) is 26.3 Å². The number of anilines is 1. The summed E-state index contributed by atoms with van der Waals surface area (Å²) in [7, 11) is 0. The van der Waals surface area contributed by atoms with E-state index in [1.165, 1.54) is 12.1 Å². The Balaban J connectivity index is 2.26. The smallest absolute Gasteiger partial charge is 0.146 e. The van der Waals surface area contributed by atoms with Crippen LogP contribution in [-0.2, 0) is 0 Å². The second-order valence-corrected chi connectivity index (χ2v) is 5.65. The van der Waals surface area contributed by atoms with E-state index in [0.717, 1.165) is 16.5 Å². The molecule has 0 bridgehead atoms. The molecule has 1 atom stereocenters. The van der Waals surface area contributed by atoms with Gasteiger partial charge in [-0.3, -0.25) is 0 Å². The minimum Gasteiger partial charge on any atom is -0.376 e. The van der Waals surface area contributed by atoms with Crippen molar-refractivity contribution in [2.75, 3.05) is 5.32 Å². The van der Waals surface area contributed by atoms with Gasteiger partial charge in [0.05, 0.1) is 11.7 Å².